The van der Waals surface area contributed by atoms with Crippen LogP contribution in [0.15, 0.2) is 66.7 Å². The number of hydrogen-bond acceptors (Lipinski definition) is 2. The van der Waals surface area contributed by atoms with Crippen LogP contribution < -0.4 is 4.74 Å². The lowest BCUT2D eigenvalue weighted by Gasteiger charge is -2.11. The molecule has 0 bridgehead atoms. The predicted molar refractivity (Wildman–Crippen MR) is 119 cm³/mol. The molecule has 0 aliphatic rings. The molecule has 4 aromatic carbocycles. The van der Waals surface area contributed by atoms with Crippen LogP contribution in [0.3, 0.4) is 0 Å². The largest absolute Gasteiger partial charge is 0.494 e. The van der Waals surface area contributed by atoms with Crippen molar-refractivity contribution in [2.24, 2.45) is 0 Å². The zero-order chi connectivity index (χ0) is 22.7. The van der Waals surface area contributed by atoms with Gasteiger partial charge in [-0.2, -0.15) is 5.26 Å². The van der Waals surface area contributed by atoms with Gasteiger partial charge in [0.25, 0.3) is 0 Å². The average molecular weight is 431 g/mol. The van der Waals surface area contributed by atoms with Crippen molar-refractivity contribution in [1.82, 2.24) is 0 Å². The minimum Gasteiger partial charge on any atom is -0.494 e. The fourth-order valence-electron chi connectivity index (χ4n) is 3.77. The van der Waals surface area contributed by atoms with Crippen molar-refractivity contribution in [2.45, 2.75) is 19.8 Å². The number of rotatable bonds is 6. The van der Waals surface area contributed by atoms with Gasteiger partial charge in [-0.3, -0.25) is 0 Å². The van der Waals surface area contributed by atoms with Gasteiger partial charge in [-0.15, -0.1) is 0 Å². The third-order valence-electron chi connectivity index (χ3n) is 5.43. The lowest BCUT2D eigenvalue weighted by atomic mass is 9.96. The van der Waals surface area contributed by atoms with E-state index in [2.05, 4.69) is 0 Å². The molecular formula is C27H20F3NO. The maximum absolute atomic E-state index is 15.1. The van der Waals surface area contributed by atoms with E-state index in [-0.39, 0.29) is 11.4 Å². The summed E-state index contributed by atoms with van der Waals surface area (Å²) in [5.41, 5.74) is 2.27. The smallest absolute Gasteiger partial charge is 0.141 e. The SMILES string of the molecule is CCOc1ccc(-c2ccc3c(F)c(CCc4ccc(C#N)c(F)c4)ccc3c2)c(F)c1. The Hall–Kier alpha value is -3.78. The fourth-order valence-corrected chi connectivity index (χ4v) is 3.77. The summed E-state index contributed by atoms with van der Waals surface area (Å²) in [4.78, 5) is 0. The predicted octanol–water partition coefficient (Wildman–Crippen LogP) is 6.98. The number of benzene rings is 4. The maximum atomic E-state index is 15.1. The standard InChI is InChI=1S/C27H20F3NO/c1-2-32-22-10-12-23(26(29)15-22)19-9-11-24-20(14-19)8-7-18(27(24)30)5-3-17-4-6-21(16-31)25(28)13-17/h4,6-15H,2-3,5H2,1H3. The van der Waals surface area contributed by atoms with Crippen molar-refractivity contribution in [3.8, 4) is 22.9 Å². The van der Waals surface area contributed by atoms with Crippen LogP contribution in [-0.4, -0.2) is 6.61 Å². The summed E-state index contributed by atoms with van der Waals surface area (Å²) >= 11 is 0. The second-order valence-corrected chi connectivity index (χ2v) is 7.48. The van der Waals surface area contributed by atoms with E-state index >= 15 is 4.39 Å². The molecule has 0 N–H and O–H groups in total. The zero-order valence-corrected chi connectivity index (χ0v) is 17.5. The van der Waals surface area contributed by atoms with E-state index in [4.69, 9.17) is 10.00 Å². The molecule has 0 aliphatic heterocycles. The number of aryl methyl sites for hydroxylation is 2. The van der Waals surface area contributed by atoms with E-state index in [0.29, 0.717) is 58.2 Å². The number of nitriles is 1. The van der Waals surface area contributed by atoms with Crippen molar-refractivity contribution in [3.05, 3.63) is 101 Å². The quantitative estimate of drug-likeness (QED) is 0.330. The molecular weight excluding hydrogens is 411 g/mol. The molecule has 0 saturated carbocycles. The number of halogens is 3. The Morgan fingerprint density at radius 2 is 1.69 bits per heavy atom. The Labute approximate surface area is 184 Å². The van der Waals surface area contributed by atoms with Crippen LogP contribution >= 0.6 is 0 Å². The molecule has 0 aliphatic carbocycles. The summed E-state index contributed by atoms with van der Waals surface area (Å²) < 4.78 is 48.8. The summed E-state index contributed by atoms with van der Waals surface area (Å²) in [7, 11) is 0. The summed E-state index contributed by atoms with van der Waals surface area (Å²) in [6.07, 6.45) is 0.836. The molecule has 2 nitrogen and oxygen atoms in total. The first-order valence-corrected chi connectivity index (χ1v) is 10.3. The van der Waals surface area contributed by atoms with Crippen molar-refractivity contribution in [3.63, 3.8) is 0 Å². The molecule has 0 radical (unpaired) electrons. The van der Waals surface area contributed by atoms with E-state index < -0.39 is 11.6 Å². The third-order valence-corrected chi connectivity index (χ3v) is 5.43. The van der Waals surface area contributed by atoms with Gasteiger partial charge in [0.1, 0.15) is 29.3 Å². The normalized spacial score (nSPS) is 10.8. The van der Waals surface area contributed by atoms with Gasteiger partial charge in [-0.05, 0) is 72.2 Å². The molecule has 160 valence electrons. The highest BCUT2D eigenvalue weighted by Crippen LogP contribution is 2.31. The van der Waals surface area contributed by atoms with Gasteiger partial charge in [0.15, 0.2) is 0 Å². The molecule has 0 amide bonds. The molecule has 5 heteroatoms. The molecule has 0 saturated heterocycles. The van der Waals surface area contributed by atoms with E-state index in [1.165, 1.54) is 18.2 Å². The third kappa shape index (κ3) is 4.31. The van der Waals surface area contributed by atoms with E-state index in [0.717, 1.165) is 0 Å². The molecule has 4 aromatic rings. The van der Waals surface area contributed by atoms with Crippen LogP contribution in [-0.2, 0) is 12.8 Å². The van der Waals surface area contributed by atoms with Gasteiger partial charge in [0.05, 0.1) is 12.2 Å². The molecule has 0 aromatic heterocycles. The molecule has 0 atom stereocenters. The lowest BCUT2D eigenvalue weighted by Crippen LogP contribution is -1.97. The molecule has 4 rings (SSSR count). The van der Waals surface area contributed by atoms with Gasteiger partial charge in [-0.25, -0.2) is 13.2 Å². The van der Waals surface area contributed by atoms with Crippen LogP contribution in [0.4, 0.5) is 13.2 Å². The zero-order valence-electron chi connectivity index (χ0n) is 17.5. The van der Waals surface area contributed by atoms with Crippen LogP contribution in [0, 0.1) is 28.8 Å². The van der Waals surface area contributed by atoms with Gasteiger partial charge >= 0.3 is 0 Å². The highest BCUT2D eigenvalue weighted by molar-refractivity contribution is 5.88. The average Bonchev–Trinajstić information content (AvgIpc) is 2.79. The van der Waals surface area contributed by atoms with Crippen molar-refractivity contribution in [1.29, 1.82) is 5.26 Å². The topological polar surface area (TPSA) is 33.0 Å². The van der Waals surface area contributed by atoms with Crippen LogP contribution in [0.2, 0.25) is 0 Å². The number of fused-ring (bicyclic) bond motifs is 1. The van der Waals surface area contributed by atoms with Crippen molar-refractivity contribution in [2.75, 3.05) is 6.61 Å². The summed E-state index contributed by atoms with van der Waals surface area (Å²) in [5.74, 6) is -0.845. The first-order valence-electron chi connectivity index (χ1n) is 10.3. The first-order chi connectivity index (χ1) is 15.5. The van der Waals surface area contributed by atoms with Gasteiger partial charge in [0.2, 0.25) is 0 Å². The number of hydrogen-bond donors (Lipinski definition) is 0. The number of ether oxygens (including phenoxy) is 1. The van der Waals surface area contributed by atoms with Crippen molar-refractivity contribution >= 4 is 10.8 Å². The highest BCUT2D eigenvalue weighted by Gasteiger charge is 2.12. The Kier molecular flexibility index (Phi) is 6.13. The summed E-state index contributed by atoms with van der Waals surface area (Å²) in [6, 6.07) is 19.6. The fraction of sp³-hybridized carbons (Fsp3) is 0.148. The van der Waals surface area contributed by atoms with E-state index in [9.17, 15) is 8.78 Å². The van der Waals surface area contributed by atoms with Crippen LogP contribution in [0.5, 0.6) is 5.75 Å². The Morgan fingerprint density at radius 1 is 0.844 bits per heavy atom. The van der Waals surface area contributed by atoms with Crippen LogP contribution in [0.25, 0.3) is 21.9 Å². The first kappa shape index (κ1) is 21.5. The summed E-state index contributed by atoms with van der Waals surface area (Å²) in [6.45, 7) is 2.29. The highest BCUT2D eigenvalue weighted by atomic mass is 19.1. The molecule has 32 heavy (non-hydrogen) atoms. The molecule has 0 unspecified atom stereocenters. The van der Waals surface area contributed by atoms with Crippen LogP contribution in [0.1, 0.15) is 23.6 Å². The molecule has 0 heterocycles. The second kappa shape index (κ2) is 9.15. The monoisotopic (exact) mass is 431 g/mol. The minimum atomic E-state index is -0.571. The second-order valence-electron chi connectivity index (χ2n) is 7.48. The maximum Gasteiger partial charge on any atom is 0.141 e. The molecule has 0 spiro atoms. The minimum absolute atomic E-state index is 0.00888. The summed E-state index contributed by atoms with van der Waals surface area (Å²) in [5, 5.41) is 9.95. The number of nitrogens with zero attached hydrogens (tertiary/aromatic N) is 1. The Morgan fingerprint density at radius 3 is 2.41 bits per heavy atom. The van der Waals surface area contributed by atoms with Gasteiger partial charge in [-0.1, -0.05) is 30.3 Å². The van der Waals surface area contributed by atoms with E-state index in [1.807, 2.05) is 13.0 Å². The van der Waals surface area contributed by atoms with E-state index in [1.54, 1.807) is 48.5 Å². The molecule has 0 fully saturated rings. The lowest BCUT2D eigenvalue weighted by molar-refractivity contribution is 0.338. The Bertz CT molecular complexity index is 1340. The van der Waals surface area contributed by atoms with Gasteiger partial charge in [0, 0.05) is 17.0 Å². The van der Waals surface area contributed by atoms with Crippen molar-refractivity contribution < 1.29 is 17.9 Å². The Balaban J connectivity index is 1.59. The van der Waals surface area contributed by atoms with Gasteiger partial charge < -0.3 is 4.74 Å².